The molecule has 1 fully saturated rings. The molecule has 0 radical (unpaired) electrons. The third kappa shape index (κ3) is 3.44. The average Bonchev–Trinajstić information content (AvgIpc) is 2.81. The number of thioether (sulfide) groups is 1. The quantitative estimate of drug-likeness (QED) is 0.415. The van der Waals surface area contributed by atoms with Crippen molar-refractivity contribution in [3.63, 3.8) is 0 Å². The number of fused-ring (bicyclic) bond motifs is 1. The lowest BCUT2D eigenvalue weighted by molar-refractivity contribution is -0.156. The Morgan fingerprint density at radius 1 is 1.35 bits per heavy atom. The molecule has 0 bridgehead atoms. The molecule has 2 aliphatic heterocycles. The molecular formula is C17H27NO6SSi. The van der Waals surface area contributed by atoms with Crippen LogP contribution in [0.25, 0.3) is 0 Å². The molecule has 1 amide bonds. The monoisotopic (exact) mass is 401 g/mol. The van der Waals surface area contributed by atoms with Crippen LogP contribution < -0.4 is 0 Å². The molecule has 0 aromatic heterocycles. The molecule has 2 rings (SSSR count). The number of nitrogens with zero attached hydrogens (tertiary/aromatic N) is 1. The van der Waals surface area contributed by atoms with Crippen molar-refractivity contribution in [2.75, 3.05) is 6.61 Å². The number of carboxylic acid groups (broad SMARTS) is 1. The standard InChI is InChI=1S/C17H27NO6SSi/c1-8-23-16(22)12-11(15(20)21)18-13(19)10(14(18)25-12)9(2)24-26(6,7)17(3,4)5/h9-10,14H,8H2,1-7H3,(H,20,21)/t9-,10+,14?/m1/s1. The Morgan fingerprint density at radius 2 is 1.92 bits per heavy atom. The van der Waals surface area contributed by atoms with Gasteiger partial charge in [-0.25, -0.2) is 9.59 Å². The Hall–Kier alpha value is -1.32. The Labute approximate surface area is 159 Å². The maximum atomic E-state index is 12.7. The van der Waals surface area contributed by atoms with Gasteiger partial charge in [-0.15, -0.1) is 0 Å². The van der Waals surface area contributed by atoms with Gasteiger partial charge in [-0.1, -0.05) is 32.5 Å². The zero-order valence-corrected chi connectivity index (χ0v) is 18.1. The van der Waals surface area contributed by atoms with E-state index in [1.165, 1.54) is 4.90 Å². The van der Waals surface area contributed by atoms with E-state index < -0.39 is 31.5 Å². The first kappa shape index (κ1) is 21.0. The molecule has 1 saturated heterocycles. The smallest absolute Gasteiger partial charge is 0.354 e. The van der Waals surface area contributed by atoms with E-state index >= 15 is 0 Å². The summed E-state index contributed by atoms with van der Waals surface area (Å²) in [6, 6.07) is 0. The molecule has 0 spiro atoms. The van der Waals surface area contributed by atoms with Crippen molar-refractivity contribution < 1.29 is 28.7 Å². The van der Waals surface area contributed by atoms with E-state index in [4.69, 9.17) is 9.16 Å². The number of amides is 1. The number of carbonyl (C=O) groups excluding carboxylic acids is 2. The lowest BCUT2D eigenvalue weighted by atomic mass is 9.92. The molecule has 1 N–H and O–H groups in total. The fourth-order valence-electron chi connectivity index (χ4n) is 2.82. The molecule has 0 saturated carbocycles. The molecule has 0 aromatic carbocycles. The third-order valence-corrected chi connectivity index (χ3v) is 11.1. The molecule has 3 atom stereocenters. The summed E-state index contributed by atoms with van der Waals surface area (Å²) in [6.07, 6.45) is -0.353. The van der Waals surface area contributed by atoms with E-state index in [9.17, 15) is 19.5 Å². The van der Waals surface area contributed by atoms with Crippen molar-refractivity contribution in [3.8, 4) is 0 Å². The lowest BCUT2D eigenvalue weighted by Crippen LogP contribution is -2.62. The zero-order valence-electron chi connectivity index (χ0n) is 16.3. The van der Waals surface area contributed by atoms with Gasteiger partial charge >= 0.3 is 11.9 Å². The second-order valence-corrected chi connectivity index (χ2v) is 13.9. The summed E-state index contributed by atoms with van der Waals surface area (Å²) in [4.78, 5) is 37.5. The summed E-state index contributed by atoms with van der Waals surface area (Å²) in [6.45, 7) is 14.2. The van der Waals surface area contributed by atoms with Crippen LogP contribution in [-0.4, -0.2) is 54.3 Å². The number of hydrogen-bond donors (Lipinski definition) is 1. The predicted molar refractivity (Wildman–Crippen MR) is 101 cm³/mol. The van der Waals surface area contributed by atoms with Crippen LogP contribution in [0.1, 0.15) is 34.6 Å². The highest BCUT2D eigenvalue weighted by atomic mass is 32.2. The second kappa shape index (κ2) is 7.01. The van der Waals surface area contributed by atoms with Gasteiger partial charge in [0.15, 0.2) is 14.0 Å². The molecule has 2 aliphatic rings. The fraction of sp³-hybridized carbons (Fsp3) is 0.706. The fourth-order valence-corrected chi connectivity index (χ4v) is 5.75. The topological polar surface area (TPSA) is 93.1 Å². The van der Waals surface area contributed by atoms with Gasteiger partial charge < -0.3 is 14.3 Å². The molecule has 26 heavy (non-hydrogen) atoms. The molecule has 1 unspecified atom stereocenters. The highest BCUT2D eigenvalue weighted by Gasteiger charge is 2.60. The van der Waals surface area contributed by atoms with Crippen LogP contribution in [0.2, 0.25) is 18.1 Å². The van der Waals surface area contributed by atoms with E-state index in [0.29, 0.717) is 0 Å². The minimum absolute atomic E-state index is 0.00285. The van der Waals surface area contributed by atoms with Crippen molar-refractivity contribution in [1.29, 1.82) is 0 Å². The first-order valence-electron chi connectivity index (χ1n) is 8.65. The van der Waals surface area contributed by atoms with Gasteiger partial charge in [0.05, 0.1) is 18.6 Å². The minimum atomic E-state index is -2.08. The van der Waals surface area contributed by atoms with Gasteiger partial charge in [0.2, 0.25) is 5.91 Å². The Kier molecular flexibility index (Phi) is 5.66. The zero-order chi connectivity index (χ0) is 20.0. The van der Waals surface area contributed by atoms with Crippen LogP contribution in [0.4, 0.5) is 0 Å². The van der Waals surface area contributed by atoms with Crippen LogP contribution in [0, 0.1) is 5.92 Å². The average molecular weight is 402 g/mol. The summed E-state index contributed by atoms with van der Waals surface area (Å²) in [5.74, 6) is -2.79. The molecule has 7 nitrogen and oxygen atoms in total. The van der Waals surface area contributed by atoms with Gasteiger partial charge in [0, 0.05) is 0 Å². The molecule has 0 aromatic rings. The number of hydrogen-bond acceptors (Lipinski definition) is 6. The molecule has 2 heterocycles. The van der Waals surface area contributed by atoms with Gasteiger partial charge in [0.25, 0.3) is 0 Å². The highest BCUT2D eigenvalue weighted by molar-refractivity contribution is 8.05. The van der Waals surface area contributed by atoms with Gasteiger partial charge in [-0.2, -0.15) is 0 Å². The van der Waals surface area contributed by atoms with Crippen LogP contribution in [0.3, 0.4) is 0 Å². The SMILES string of the molecule is CCOC(=O)C1=C(C(=O)O)N2C(=O)[C@H]([C@@H](C)O[Si](C)(C)C(C)(C)C)C2S1. The number of esters is 1. The summed E-state index contributed by atoms with van der Waals surface area (Å²) in [5, 5.41) is 9.02. The van der Waals surface area contributed by atoms with Crippen LogP contribution in [0.5, 0.6) is 0 Å². The summed E-state index contributed by atoms with van der Waals surface area (Å²) < 4.78 is 11.3. The maximum Gasteiger partial charge on any atom is 0.354 e. The van der Waals surface area contributed by atoms with Crippen LogP contribution in [-0.2, 0) is 23.5 Å². The number of ether oxygens (including phenoxy) is 1. The van der Waals surface area contributed by atoms with E-state index in [-0.39, 0.29) is 34.3 Å². The Morgan fingerprint density at radius 3 is 2.38 bits per heavy atom. The van der Waals surface area contributed by atoms with Crippen molar-refractivity contribution in [2.45, 2.75) is 64.2 Å². The predicted octanol–water partition coefficient (Wildman–Crippen LogP) is 2.79. The summed E-state index contributed by atoms with van der Waals surface area (Å²) in [5.41, 5.74) is -0.278. The first-order valence-corrected chi connectivity index (χ1v) is 12.4. The van der Waals surface area contributed by atoms with Crippen molar-refractivity contribution in [3.05, 3.63) is 10.6 Å². The number of rotatable bonds is 6. The van der Waals surface area contributed by atoms with E-state index in [0.717, 1.165) is 11.8 Å². The number of carboxylic acids is 1. The highest BCUT2D eigenvalue weighted by Crippen LogP contribution is 2.51. The van der Waals surface area contributed by atoms with E-state index in [1.807, 2.05) is 6.92 Å². The van der Waals surface area contributed by atoms with Crippen LogP contribution in [0.15, 0.2) is 10.6 Å². The van der Waals surface area contributed by atoms with E-state index in [1.54, 1.807) is 6.92 Å². The van der Waals surface area contributed by atoms with Gasteiger partial charge in [-0.3, -0.25) is 9.69 Å². The largest absolute Gasteiger partial charge is 0.477 e. The number of carbonyl (C=O) groups is 3. The maximum absolute atomic E-state index is 12.7. The number of β-lactam (4-membered cyclic amide) rings is 1. The second-order valence-electron chi connectivity index (χ2n) is 8.03. The van der Waals surface area contributed by atoms with Gasteiger partial charge in [0.1, 0.15) is 10.3 Å². The summed E-state index contributed by atoms with van der Waals surface area (Å²) >= 11 is 1.08. The summed E-state index contributed by atoms with van der Waals surface area (Å²) in [7, 11) is -2.08. The van der Waals surface area contributed by atoms with Crippen molar-refractivity contribution in [2.24, 2.45) is 5.92 Å². The van der Waals surface area contributed by atoms with Crippen molar-refractivity contribution in [1.82, 2.24) is 4.90 Å². The molecular weight excluding hydrogens is 374 g/mol. The Bertz CT molecular complexity index is 669. The van der Waals surface area contributed by atoms with Crippen LogP contribution >= 0.6 is 11.8 Å². The third-order valence-electron chi connectivity index (χ3n) is 5.23. The van der Waals surface area contributed by atoms with E-state index in [2.05, 4.69) is 33.9 Å². The molecule has 9 heteroatoms. The minimum Gasteiger partial charge on any atom is -0.477 e. The lowest BCUT2D eigenvalue weighted by Gasteiger charge is -2.48. The van der Waals surface area contributed by atoms with Gasteiger partial charge in [-0.05, 0) is 32.0 Å². The molecule has 0 aliphatic carbocycles. The Balaban J connectivity index is 2.21. The molecule has 146 valence electrons. The van der Waals surface area contributed by atoms with Crippen molar-refractivity contribution >= 4 is 37.9 Å². The normalized spacial score (nSPS) is 24.3. The number of aliphatic carboxylic acids is 1. The first-order chi connectivity index (χ1) is 11.8.